The Labute approximate surface area is 276 Å². The number of rotatable bonds is 13. The monoisotopic (exact) mass is 686 g/mol. The molecule has 0 bridgehead atoms. The maximum atomic E-state index is 11.0. The Kier molecular flexibility index (Phi) is 12.2. The van der Waals surface area contributed by atoms with Crippen LogP contribution < -0.4 is 9.47 Å². The summed E-state index contributed by atoms with van der Waals surface area (Å²) in [7, 11) is 2.71. The van der Waals surface area contributed by atoms with Crippen molar-refractivity contribution < 1.29 is 79.5 Å². The Morgan fingerprint density at radius 2 is 0.938 bits per heavy atom. The van der Waals surface area contributed by atoms with Crippen molar-refractivity contribution in [3.05, 3.63) is 47.5 Å². The summed E-state index contributed by atoms with van der Waals surface area (Å²) >= 11 is 0. The molecule has 12 atom stereocenters. The van der Waals surface area contributed by atoms with Crippen molar-refractivity contribution in [2.45, 2.75) is 99.3 Å². The lowest BCUT2D eigenvalue weighted by Gasteiger charge is -2.52. The van der Waals surface area contributed by atoms with Crippen LogP contribution in [0.1, 0.15) is 25.0 Å². The lowest BCUT2D eigenvalue weighted by Crippen LogP contribution is -2.67. The van der Waals surface area contributed by atoms with E-state index in [2.05, 4.69) is 0 Å². The molecule has 16 heteroatoms. The van der Waals surface area contributed by atoms with E-state index in [1.165, 1.54) is 38.5 Å². The van der Waals surface area contributed by atoms with E-state index in [4.69, 9.17) is 28.4 Å². The van der Waals surface area contributed by atoms with Crippen LogP contribution in [0.25, 0.3) is 0 Å². The van der Waals surface area contributed by atoms with Gasteiger partial charge in [0.05, 0.1) is 27.4 Å². The van der Waals surface area contributed by atoms with Gasteiger partial charge in [-0.15, -0.1) is 0 Å². The summed E-state index contributed by atoms with van der Waals surface area (Å²) < 4.78 is 34.9. The molecule has 2 fully saturated rings. The summed E-state index contributed by atoms with van der Waals surface area (Å²) in [6.07, 6.45) is -16.9. The van der Waals surface area contributed by atoms with E-state index in [0.29, 0.717) is 11.1 Å². The van der Waals surface area contributed by atoms with E-state index in [9.17, 15) is 51.1 Å². The van der Waals surface area contributed by atoms with E-state index >= 15 is 0 Å². The van der Waals surface area contributed by atoms with Crippen molar-refractivity contribution in [1.29, 1.82) is 0 Å². The van der Waals surface area contributed by atoms with Gasteiger partial charge in [0.1, 0.15) is 60.0 Å². The van der Waals surface area contributed by atoms with Gasteiger partial charge in [-0.05, 0) is 49.2 Å². The zero-order valence-electron chi connectivity index (χ0n) is 27.0. The van der Waals surface area contributed by atoms with Crippen molar-refractivity contribution in [3.8, 4) is 23.0 Å². The summed E-state index contributed by atoms with van der Waals surface area (Å²) in [5, 5.41) is 104. The lowest BCUT2D eigenvalue weighted by atomic mass is 9.76. The third-order valence-electron chi connectivity index (χ3n) is 9.14. The molecule has 0 spiro atoms. The van der Waals surface area contributed by atoms with Crippen LogP contribution in [0.15, 0.2) is 36.4 Å². The second-order valence-corrected chi connectivity index (χ2v) is 12.5. The predicted octanol–water partition coefficient (Wildman–Crippen LogP) is -1.95. The highest BCUT2D eigenvalue weighted by Gasteiger charge is 2.56. The fourth-order valence-corrected chi connectivity index (χ4v) is 5.99. The molecule has 0 radical (unpaired) electrons. The maximum Gasteiger partial charge on any atom is 0.187 e. The molecule has 2 aromatic rings. The normalized spacial score (nSPS) is 33.4. The van der Waals surface area contributed by atoms with Crippen LogP contribution in [0.2, 0.25) is 0 Å². The average molecular weight is 687 g/mol. The second-order valence-electron chi connectivity index (χ2n) is 12.5. The van der Waals surface area contributed by atoms with Crippen LogP contribution in [0.5, 0.6) is 23.0 Å². The van der Waals surface area contributed by atoms with Gasteiger partial charge in [-0.25, -0.2) is 0 Å². The van der Waals surface area contributed by atoms with Crippen LogP contribution in [0.3, 0.4) is 0 Å². The van der Waals surface area contributed by atoms with Crippen LogP contribution in [-0.4, -0.2) is 151 Å². The van der Waals surface area contributed by atoms with E-state index in [1.807, 2.05) is 0 Å². The molecule has 2 aliphatic heterocycles. The Balaban J connectivity index is 1.87. The van der Waals surface area contributed by atoms with Gasteiger partial charge in [0, 0.05) is 12.8 Å². The third-order valence-corrected chi connectivity index (χ3v) is 9.14. The number of hydrogen-bond acceptors (Lipinski definition) is 16. The first kappa shape index (κ1) is 38.0. The summed E-state index contributed by atoms with van der Waals surface area (Å²) in [4.78, 5) is 0. The van der Waals surface area contributed by atoms with Crippen LogP contribution in [0, 0.1) is 0 Å². The topological polar surface area (TPSA) is 258 Å². The standard InChI is InChI=1S/C32H46O16/c1-31(11-15-5-7-17(35)19(9-15)43-3,47-29-27(41)25(39)23(37)21(13-33)45-29)32(2,12-16-6-8-18(36)20(10-16)44-4)48-30-28(42)26(40)24(38)22(14-34)46-30/h5-10,21-30,33-42H,11-14H2,1-4H3/t21-,22-,23-,24-,25+,26+,27-,28-,29+,30+,31-,32+/m1/s1. The molecule has 48 heavy (non-hydrogen) atoms. The minimum atomic E-state index is -1.83. The van der Waals surface area contributed by atoms with Crippen LogP contribution in [0.4, 0.5) is 0 Å². The number of hydrogen-bond donors (Lipinski definition) is 10. The largest absolute Gasteiger partial charge is 0.504 e. The number of phenols is 2. The molecule has 0 unspecified atom stereocenters. The molecule has 2 saturated heterocycles. The highest BCUT2D eigenvalue weighted by molar-refractivity contribution is 5.43. The molecule has 2 heterocycles. The van der Waals surface area contributed by atoms with E-state index < -0.39 is 85.8 Å². The van der Waals surface area contributed by atoms with Crippen molar-refractivity contribution in [2.75, 3.05) is 27.4 Å². The Hall–Kier alpha value is -2.84. The molecule has 0 aliphatic carbocycles. The Bertz CT molecular complexity index is 1260. The number of aliphatic hydroxyl groups is 8. The molecule has 270 valence electrons. The summed E-state index contributed by atoms with van der Waals surface area (Å²) in [6, 6.07) is 8.91. The molecule has 4 rings (SSSR count). The Morgan fingerprint density at radius 3 is 1.25 bits per heavy atom. The third kappa shape index (κ3) is 7.65. The molecule has 0 saturated carbocycles. The molecule has 2 aromatic carbocycles. The van der Waals surface area contributed by atoms with Crippen LogP contribution >= 0.6 is 0 Å². The van der Waals surface area contributed by atoms with Gasteiger partial charge < -0.3 is 79.5 Å². The summed E-state index contributed by atoms with van der Waals surface area (Å²) in [6.45, 7) is 1.64. The SMILES string of the molecule is COc1cc(C[C@@](C)(O[C@@H]2O[C@H](CO)[C@@H](O)[C@H](O)[C@H]2O)[C@](C)(Cc2ccc(O)c(OC)c2)O[C@@H]2O[C@H](CO)[C@@H](O)[C@H](O)[C@H]2O)ccc1O. The molecule has 0 aromatic heterocycles. The first-order valence-corrected chi connectivity index (χ1v) is 15.3. The van der Waals surface area contributed by atoms with Crippen LogP contribution in [-0.2, 0) is 31.8 Å². The smallest absolute Gasteiger partial charge is 0.187 e. The average Bonchev–Trinajstić information content (AvgIpc) is 3.06. The summed E-state index contributed by atoms with van der Waals surface area (Å²) in [5.74, 6) is -0.0892. The highest BCUT2D eigenvalue weighted by Crippen LogP contribution is 2.43. The zero-order chi connectivity index (χ0) is 35.6. The quantitative estimate of drug-likeness (QED) is 0.110. The number of aromatic hydroxyl groups is 2. The Morgan fingerprint density at radius 1 is 0.583 bits per heavy atom. The van der Waals surface area contributed by atoms with Gasteiger partial charge in [0.2, 0.25) is 0 Å². The molecule has 2 aliphatic rings. The number of methoxy groups -OCH3 is 2. The fraction of sp³-hybridized carbons (Fsp3) is 0.625. The van der Waals surface area contributed by atoms with Gasteiger partial charge in [0.15, 0.2) is 35.6 Å². The number of aliphatic hydroxyl groups excluding tert-OH is 8. The van der Waals surface area contributed by atoms with Crippen molar-refractivity contribution >= 4 is 0 Å². The molecule has 16 nitrogen and oxygen atoms in total. The predicted molar refractivity (Wildman–Crippen MR) is 163 cm³/mol. The van der Waals surface area contributed by atoms with E-state index in [-0.39, 0.29) is 35.8 Å². The van der Waals surface area contributed by atoms with Gasteiger partial charge >= 0.3 is 0 Å². The van der Waals surface area contributed by atoms with E-state index in [0.717, 1.165) is 0 Å². The molecular formula is C32H46O16. The fourth-order valence-electron chi connectivity index (χ4n) is 5.99. The molecular weight excluding hydrogens is 640 g/mol. The first-order chi connectivity index (χ1) is 22.6. The first-order valence-electron chi connectivity index (χ1n) is 15.3. The number of ether oxygens (including phenoxy) is 6. The van der Waals surface area contributed by atoms with Crippen molar-refractivity contribution in [3.63, 3.8) is 0 Å². The van der Waals surface area contributed by atoms with Crippen molar-refractivity contribution in [1.82, 2.24) is 0 Å². The van der Waals surface area contributed by atoms with Gasteiger partial charge in [0.25, 0.3) is 0 Å². The number of benzene rings is 2. The van der Waals surface area contributed by atoms with Gasteiger partial charge in [-0.2, -0.15) is 0 Å². The van der Waals surface area contributed by atoms with Gasteiger partial charge in [-0.1, -0.05) is 12.1 Å². The molecule has 10 N–H and O–H groups in total. The lowest BCUT2D eigenvalue weighted by molar-refractivity contribution is -0.375. The van der Waals surface area contributed by atoms with Crippen molar-refractivity contribution in [2.24, 2.45) is 0 Å². The molecule has 0 amide bonds. The number of phenolic OH excluding ortho intramolecular Hbond substituents is 2. The summed E-state index contributed by atoms with van der Waals surface area (Å²) in [5.41, 5.74) is -2.48. The second kappa shape index (κ2) is 15.4. The zero-order valence-corrected chi connectivity index (χ0v) is 27.0. The maximum absolute atomic E-state index is 11.0. The minimum Gasteiger partial charge on any atom is -0.504 e. The van der Waals surface area contributed by atoms with E-state index in [1.54, 1.807) is 26.0 Å². The minimum absolute atomic E-state index is 0.113. The highest BCUT2D eigenvalue weighted by atomic mass is 16.7. The van der Waals surface area contributed by atoms with Gasteiger partial charge in [-0.3, -0.25) is 0 Å².